The Kier molecular flexibility index (Phi) is 9.22. The van der Waals surface area contributed by atoms with Crippen LogP contribution in [-0.4, -0.2) is 41.8 Å². The van der Waals surface area contributed by atoms with Crippen LogP contribution < -0.4 is 0 Å². The second-order valence-corrected chi connectivity index (χ2v) is 12.1. The van der Waals surface area contributed by atoms with Crippen LogP contribution in [0.5, 0.6) is 0 Å². The smallest absolute Gasteiger partial charge is 0.162 e. The summed E-state index contributed by atoms with van der Waals surface area (Å²) >= 11 is 0. The molecule has 216 valence electrons. The summed E-state index contributed by atoms with van der Waals surface area (Å²) in [6.45, 7) is 5.98. The van der Waals surface area contributed by atoms with E-state index in [1.165, 1.54) is 52.8 Å². The SMILES string of the molecule is O=C(CCC1CCN(Cc2ccc(-c3ccccc3)cc2)CC1)c1ccc2c(c1)CCN(Cc1ccc(F)cc1)CC2. The lowest BCUT2D eigenvalue weighted by Crippen LogP contribution is -2.33. The van der Waals surface area contributed by atoms with Gasteiger partial charge in [-0.2, -0.15) is 0 Å². The number of halogens is 1. The average molecular weight is 561 g/mol. The van der Waals surface area contributed by atoms with Gasteiger partial charge in [-0.05, 0) is 103 Å². The van der Waals surface area contributed by atoms with Crippen LogP contribution in [0.2, 0.25) is 0 Å². The molecule has 0 aromatic heterocycles. The number of carbonyl (C=O) groups is 1. The van der Waals surface area contributed by atoms with Crippen molar-refractivity contribution in [2.75, 3.05) is 26.2 Å². The molecule has 4 aromatic carbocycles. The third-order valence-corrected chi connectivity index (χ3v) is 9.20. The minimum atomic E-state index is -0.189. The zero-order valence-corrected chi connectivity index (χ0v) is 24.5. The van der Waals surface area contributed by atoms with Gasteiger partial charge in [-0.1, -0.05) is 78.9 Å². The standard InChI is InChI=1S/C38H41FN2O/c39-37-15-8-31(9-16-37)28-41-24-20-34-13-14-36(26-35(34)21-25-41)38(42)17-10-29-18-22-40(23-19-29)27-30-6-11-33(12-7-30)32-4-2-1-3-5-32/h1-9,11-16,26,29H,10,17-25,27-28H2. The molecule has 0 aliphatic carbocycles. The number of likely N-dealkylation sites (tertiary alicyclic amines) is 1. The molecular weight excluding hydrogens is 519 g/mol. The number of hydrogen-bond donors (Lipinski definition) is 0. The molecule has 2 heterocycles. The van der Waals surface area contributed by atoms with E-state index < -0.39 is 0 Å². The zero-order chi connectivity index (χ0) is 28.7. The lowest BCUT2D eigenvalue weighted by molar-refractivity contribution is 0.0961. The molecular formula is C38H41FN2O. The van der Waals surface area contributed by atoms with E-state index >= 15 is 0 Å². The van der Waals surface area contributed by atoms with Gasteiger partial charge in [0.25, 0.3) is 0 Å². The van der Waals surface area contributed by atoms with Crippen molar-refractivity contribution in [3.63, 3.8) is 0 Å². The maximum Gasteiger partial charge on any atom is 0.162 e. The van der Waals surface area contributed by atoms with Gasteiger partial charge in [0.05, 0.1) is 0 Å². The van der Waals surface area contributed by atoms with Crippen molar-refractivity contribution in [2.45, 2.75) is 51.6 Å². The van der Waals surface area contributed by atoms with E-state index in [2.05, 4.69) is 76.5 Å². The highest BCUT2D eigenvalue weighted by atomic mass is 19.1. The summed E-state index contributed by atoms with van der Waals surface area (Å²) in [4.78, 5) is 18.2. The predicted octanol–water partition coefficient (Wildman–Crippen LogP) is 7.97. The summed E-state index contributed by atoms with van der Waals surface area (Å²) in [5.74, 6) is 0.725. The lowest BCUT2D eigenvalue weighted by Gasteiger charge is -2.32. The van der Waals surface area contributed by atoms with E-state index in [0.717, 1.165) is 69.7 Å². The maximum atomic E-state index is 13.3. The Morgan fingerprint density at radius 3 is 1.95 bits per heavy atom. The van der Waals surface area contributed by atoms with Gasteiger partial charge in [0.1, 0.15) is 5.82 Å². The molecule has 0 unspecified atom stereocenters. The van der Waals surface area contributed by atoms with Crippen LogP contribution in [0.25, 0.3) is 11.1 Å². The number of benzene rings is 4. The number of nitrogens with zero attached hydrogens (tertiary/aromatic N) is 2. The van der Waals surface area contributed by atoms with Crippen molar-refractivity contribution in [1.29, 1.82) is 0 Å². The van der Waals surface area contributed by atoms with Crippen molar-refractivity contribution in [2.24, 2.45) is 5.92 Å². The Bertz CT molecular complexity index is 1460. The molecule has 0 amide bonds. The van der Waals surface area contributed by atoms with Crippen LogP contribution in [0.4, 0.5) is 4.39 Å². The van der Waals surface area contributed by atoms with Crippen molar-refractivity contribution >= 4 is 5.78 Å². The number of piperidine rings is 1. The first-order valence-corrected chi connectivity index (χ1v) is 15.6. The molecule has 0 saturated carbocycles. The van der Waals surface area contributed by atoms with E-state index in [9.17, 15) is 9.18 Å². The molecule has 1 saturated heterocycles. The van der Waals surface area contributed by atoms with Gasteiger partial charge < -0.3 is 0 Å². The summed E-state index contributed by atoms with van der Waals surface area (Å²) in [5, 5.41) is 0. The second kappa shape index (κ2) is 13.6. The molecule has 42 heavy (non-hydrogen) atoms. The molecule has 0 spiro atoms. The van der Waals surface area contributed by atoms with Gasteiger partial charge >= 0.3 is 0 Å². The molecule has 0 N–H and O–H groups in total. The van der Waals surface area contributed by atoms with Gasteiger partial charge in [-0.15, -0.1) is 0 Å². The fourth-order valence-electron chi connectivity index (χ4n) is 6.56. The Hall–Kier alpha value is -3.60. The second-order valence-electron chi connectivity index (χ2n) is 12.1. The highest BCUT2D eigenvalue weighted by Gasteiger charge is 2.21. The molecule has 4 aromatic rings. The predicted molar refractivity (Wildman–Crippen MR) is 169 cm³/mol. The maximum absolute atomic E-state index is 13.3. The molecule has 3 nitrogen and oxygen atoms in total. The molecule has 6 rings (SSSR count). The van der Waals surface area contributed by atoms with Crippen LogP contribution in [-0.2, 0) is 25.9 Å². The first kappa shape index (κ1) is 28.5. The van der Waals surface area contributed by atoms with Crippen molar-refractivity contribution in [3.8, 4) is 11.1 Å². The number of carbonyl (C=O) groups excluding carboxylic acids is 1. The van der Waals surface area contributed by atoms with E-state index in [-0.39, 0.29) is 11.6 Å². The molecule has 1 fully saturated rings. The highest BCUT2D eigenvalue weighted by molar-refractivity contribution is 5.96. The van der Waals surface area contributed by atoms with Gasteiger partial charge in [0.2, 0.25) is 0 Å². The summed E-state index contributed by atoms with van der Waals surface area (Å²) in [6.07, 6.45) is 5.90. The third-order valence-electron chi connectivity index (χ3n) is 9.20. The lowest BCUT2D eigenvalue weighted by atomic mass is 9.89. The Labute approximate surface area is 250 Å². The highest BCUT2D eigenvalue weighted by Crippen LogP contribution is 2.26. The molecule has 2 aliphatic heterocycles. The monoisotopic (exact) mass is 560 g/mol. The molecule has 0 atom stereocenters. The fraction of sp³-hybridized carbons (Fsp3) is 0.342. The number of Topliss-reactive ketones (excluding diaryl/α,β-unsaturated/α-hetero) is 1. The van der Waals surface area contributed by atoms with E-state index in [4.69, 9.17) is 0 Å². The van der Waals surface area contributed by atoms with E-state index in [1.807, 2.05) is 18.2 Å². The van der Waals surface area contributed by atoms with E-state index in [1.54, 1.807) is 0 Å². The van der Waals surface area contributed by atoms with Gasteiger partial charge in [0.15, 0.2) is 5.78 Å². The average Bonchev–Trinajstić information content (AvgIpc) is 3.24. The zero-order valence-electron chi connectivity index (χ0n) is 24.5. The Balaban J connectivity index is 0.945. The third kappa shape index (κ3) is 7.42. The molecule has 0 bridgehead atoms. The molecule has 0 radical (unpaired) electrons. The van der Waals surface area contributed by atoms with Gasteiger partial charge in [-0.3, -0.25) is 14.6 Å². The van der Waals surface area contributed by atoms with Gasteiger partial charge in [0, 0.05) is 38.2 Å². The Morgan fingerprint density at radius 1 is 0.667 bits per heavy atom. The van der Waals surface area contributed by atoms with Crippen molar-refractivity contribution in [1.82, 2.24) is 9.80 Å². The minimum Gasteiger partial charge on any atom is -0.299 e. The summed E-state index contributed by atoms with van der Waals surface area (Å²) in [6, 6.07) is 32.7. The summed E-state index contributed by atoms with van der Waals surface area (Å²) in [7, 11) is 0. The van der Waals surface area contributed by atoms with Crippen LogP contribution in [0, 0.1) is 11.7 Å². The normalized spacial score (nSPS) is 16.6. The first-order valence-electron chi connectivity index (χ1n) is 15.6. The molecule has 4 heteroatoms. The number of fused-ring (bicyclic) bond motifs is 1. The number of hydrogen-bond acceptors (Lipinski definition) is 3. The first-order chi connectivity index (χ1) is 20.6. The number of ketones is 1. The summed E-state index contributed by atoms with van der Waals surface area (Å²) < 4.78 is 13.3. The summed E-state index contributed by atoms with van der Waals surface area (Å²) in [5.41, 5.74) is 8.57. The number of rotatable bonds is 9. The largest absolute Gasteiger partial charge is 0.299 e. The minimum absolute atomic E-state index is 0.189. The van der Waals surface area contributed by atoms with Crippen molar-refractivity contribution < 1.29 is 9.18 Å². The Morgan fingerprint density at radius 2 is 1.26 bits per heavy atom. The van der Waals surface area contributed by atoms with Gasteiger partial charge in [-0.25, -0.2) is 4.39 Å². The van der Waals surface area contributed by atoms with Crippen LogP contribution in [0.15, 0.2) is 97.1 Å². The van der Waals surface area contributed by atoms with Crippen molar-refractivity contribution in [3.05, 3.63) is 131 Å². The van der Waals surface area contributed by atoms with E-state index in [0.29, 0.717) is 12.3 Å². The topological polar surface area (TPSA) is 23.6 Å². The molecule has 2 aliphatic rings. The van der Waals surface area contributed by atoms with Crippen LogP contribution >= 0.6 is 0 Å². The van der Waals surface area contributed by atoms with Crippen LogP contribution in [0.3, 0.4) is 0 Å². The fourth-order valence-corrected chi connectivity index (χ4v) is 6.56. The van der Waals surface area contributed by atoms with Crippen LogP contribution in [0.1, 0.15) is 58.3 Å². The quantitative estimate of drug-likeness (QED) is 0.194.